The first kappa shape index (κ1) is 20.7. The van der Waals surface area contributed by atoms with Gasteiger partial charge in [0.25, 0.3) is 0 Å². The van der Waals surface area contributed by atoms with Gasteiger partial charge in [-0.05, 0) is 50.8 Å². The highest BCUT2D eigenvalue weighted by Crippen LogP contribution is 2.23. The van der Waals surface area contributed by atoms with Gasteiger partial charge in [-0.1, -0.05) is 19.1 Å². The molecule has 1 aliphatic rings. The Morgan fingerprint density at radius 1 is 1.19 bits per heavy atom. The first-order valence-corrected chi connectivity index (χ1v) is 9.11. The molecule has 0 bridgehead atoms. The molecule has 1 heterocycles. The molecule has 1 saturated heterocycles. The van der Waals surface area contributed by atoms with Crippen LogP contribution in [-0.2, 0) is 25.6 Å². The molecule has 1 atom stereocenters. The highest BCUT2D eigenvalue weighted by molar-refractivity contribution is 5.89. The summed E-state index contributed by atoms with van der Waals surface area (Å²) >= 11 is 0. The molecule has 1 amide bonds. The predicted octanol–water partition coefficient (Wildman–Crippen LogP) is 3.31. The van der Waals surface area contributed by atoms with Crippen molar-refractivity contribution in [2.45, 2.75) is 58.3 Å². The lowest BCUT2D eigenvalue weighted by Gasteiger charge is -2.29. The Hall–Kier alpha value is -2.57. The van der Waals surface area contributed by atoms with Gasteiger partial charge in [-0.15, -0.1) is 0 Å². The van der Waals surface area contributed by atoms with E-state index in [1.165, 1.54) is 12.0 Å². The molecule has 1 aromatic carbocycles. The summed E-state index contributed by atoms with van der Waals surface area (Å²) < 4.78 is 15.5. The van der Waals surface area contributed by atoms with E-state index in [1.54, 1.807) is 24.3 Å². The molecule has 0 aromatic heterocycles. The topological polar surface area (TPSA) is 82.1 Å². The van der Waals surface area contributed by atoms with E-state index >= 15 is 0 Å². The molecule has 1 aromatic rings. The Morgan fingerprint density at radius 3 is 2.44 bits per heavy atom. The number of hydrogen-bond acceptors (Lipinski definition) is 6. The number of esters is 2. The fraction of sp³-hybridized carbons (Fsp3) is 0.550. The Balaban J connectivity index is 1.92. The lowest BCUT2D eigenvalue weighted by atomic mass is 10.1. The second-order valence-electron chi connectivity index (χ2n) is 7.13. The minimum atomic E-state index is -0.625. The highest BCUT2D eigenvalue weighted by atomic mass is 16.6. The maximum atomic E-state index is 12.4. The van der Waals surface area contributed by atoms with Crippen LogP contribution in [0.15, 0.2) is 24.3 Å². The van der Waals surface area contributed by atoms with Crippen LogP contribution < -0.4 is 0 Å². The first-order chi connectivity index (χ1) is 12.8. The number of methoxy groups -OCH3 is 1. The minimum Gasteiger partial charge on any atom is -0.465 e. The highest BCUT2D eigenvalue weighted by Gasteiger charge is 2.38. The SMILES string of the molecule is CCC(C)(C)OC(=O)N1CCCC1C(=O)OCc1ccc(C(=O)OC)cc1. The van der Waals surface area contributed by atoms with Crippen molar-refractivity contribution in [1.82, 2.24) is 4.90 Å². The van der Waals surface area contributed by atoms with Crippen molar-refractivity contribution >= 4 is 18.0 Å². The van der Waals surface area contributed by atoms with Crippen LogP contribution in [0.25, 0.3) is 0 Å². The molecule has 27 heavy (non-hydrogen) atoms. The third-order valence-electron chi connectivity index (χ3n) is 4.73. The lowest BCUT2D eigenvalue weighted by Crippen LogP contribution is -2.44. The summed E-state index contributed by atoms with van der Waals surface area (Å²) in [4.78, 5) is 37.7. The van der Waals surface area contributed by atoms with Gasteiger partial charge >= 0.3 is 18.0 Å². The van der Waals surface area contributed by atoms with E-state index in [0.29, 0.717) is 24.9 Å². The van der Waals surface area contributed by atoms with Gasteiger partial charge in [0, 0.05) is 6.54 Å². The summed E-state index contributed by atoms with van der Waals surface area (Å²) in [6, 6.07) is 6.00. The molecule has 0 aliphatic carbocycles. The number of nitrogens with zero attached hydrogens (tertiary/aromatic N) is 1. The number of carbonyl (C=O) groups is 3. The lowest BCUT2D eigenvalue weighted by molar-refractivity contribution is -0.150. The third kappa shape index (κ3) is 5.45. The second kappa shape index (κ2) is 8.88. The number of likely N-dealkylation sites (tertiary alicyclic amines) is 1. The van der Waals surface area contributed by atoms with Gasteiger partial charge < -0.3 is 14.2 Å². The second-order valence-corrected chi connectivity index (χ2v) is 7.13. The number of hydrogen-bond donors (Lipinski definition) is 0. The van der Waals surface area contributed by atoms with Gasteiger partial charge in [-0.3, -0.25) is 4.90 Å². The van der Waals surface area contributed by atoms with E-state index in [1.807, 2.05) is 20.8 Å². The summed E-state index contributed by atoms with van der Waals surface area (Å²) in [6.07, 6.45) is 1.49. The fourth-order valence-corrected chi connectivity index (χ4v) is 2.70. The quantitative estimate of drug-likeness (QED) is 0.559. The molecule has 0 N–H and O–H groups in total. The van der Waals surface area contributed by atoms with Crippen LogP contribution in [0.4, 0.5) is 4.79 Å². The van der Waals surface area contributed by atoms with E-state index in [-0.39, 0.29) is 6.61 Å². The summed E-state index contributed by atoms with van der Waals surface area (Å²) in [5.74, 6) is -0.871. The van der Waals surface area contributed by atoms with Gasteiger partial charge in [0.1, 0.15) is 18.2 Å². The van der Waals surface area contributed by atoms with Gasteiger partial charge in [0.05, 0.1) is 12.7 Å². The molecule has 7 heteroatoms. The van der Waals surface area contributed by atoms with Gasteiger partial charge in [-0.2, -0.15) is 0 Å². The van der Waals surface area contributed by atoms with Crippen LogP contribution in [0.5, 0.6) is 0 Å². The maximum Gasteiger partial charge on any atom is 0.411 e. The van der Waals surface area contributed by atoms with E-state index in [9.17, 15) is 14.4 Å². The van der Waals surface area contributed by atoms with Crippen LogP contribution in [-0.4, -0.2) is 48.2 Å². The van der Waals surface area contributed by atoms with E-state index in [2.05, 4.69) is 4.74 Å². The van der Waals surface area contributed by atoms with Crippen LogP contribution in [0, 0.1) is 0 Å². The van der Waals surface area contributed by atoms with Gasteiger partial charge in [-0.25, -0.2) is 14.4 Å². The van der Waals surface area contributed by atoms with Crippen LogP contribution >= 0.6 is 0 Å². The Labute approximate surface area is 159 Å². The summed E-state index contributed by atoms with van der Waals surface area (Å²) in [6.45, 7) is 6.17. The zero-order valence-electron chi connectivity index (χ0n) is 16.3. The molecule has 7 nitrogen and oxygen atoms in total. The Morgan fingerprint density at radius 2 is 1.85 bits per heavy atom. The van der Waals surface area contributed by atoms with Crippen molar-refractivity contribution in [1.29, 1.82) is 0 Å². The molecule has 0 spiro atoms. The first-order valence-electron chi connectivity index (χ1n) is 9.11. The molecular formula is C20H27NO6. The van der Waals surface area contributed by atoms with Crippen molar-refractivity contribution in [3.05, 3.63) is 35.4 Å². The normalized spacial score (nSPS) is 16.7. The van der Waals surface area contributed by atoms with Crippen molar-refractivity contribution in [3.8, 4) is 0 Å². The summed E-state index contributed by atoms with van der Waals surface area (Å²) in [7, 11) is 1.32. The van der Waals surface area contributed by atoms with Gasteiger partial charge in [0.2, 0.25) is 0 Å². The molecule has 148 valence electrons. The monoisotopic (exact) mass is 377 g/mol. The average molecular weight is 377 g/mol. The van der Waals surface area contributed by atoms with Crippen molar-refractivity contribution in [3.63, 3.8) is 0 Å². The van der Waals surface area contributed by atoms with Crippen LogP contribution in [0.2, 0.25) is 0 Å². The minimum absolute atomic E-state index is 0.0696. The molecule has 1 fully saturated rings. The van der Waals surface area contributed by atoms with E-state index in [4.69, 9.17) is 9.47 Å². The third-order valence-corrected chi connectivity index (χ3v) is 4.73. The molecule has 1 unspecified atom stereocenters. The number of amides is 1. The zero-order valence-corrected chi connectivity index (χ0v) is 16.3. The van der Waals surface area contributed by atoms with Crippen LogP contribution in [0.1, 0.15) is 56.0 Å². The summed E-state index contributed by atoms with van der Waals surface area (Å²) in [5.41, 5.74) is 0.598. The average Bonchev–Trinajstić information content (AvgIpc) is 3.15. The smallest absolute Gasteiger partial charge is 0.411 e. The van der Waals surface area contributed by atoms with Crippen molar-refractivity contribution in [2.24, 2.45) is 0 Å². The summed E-state index contributed by atoms with van der Waals surface area (Å²) in [5, 5.41) is 0. The molecular weight excluding hydrogens is 350 g/mol. The van der Waals surface area contributed by atoms with E-state index in [0.717, 1.165) is 12.0 Å². The van der Waals surface area contributed by atoms with Crippen molar-refractivity contribution in [2.75, 3.05) is 13.7 Å². The van der Waals surface area contributed by atoms with Gasteiger partial charge in [0.15, 0.2) is 0 Å². The molecule has 2 rings (SSSR count). The number of benzene rings is 1. The largest absolute Gasteiger partial charge is 0.465 e. The molecule has 1 aliphatic heterocycles. The number of ether oxygens (including phenoxy) is 3. The zero-order chi connectivity index (χ0) is 20.0. The molecule has 0 saturated carbocycles. The van der Waals surface area contributed by atoms with Crippen LogP contribution in [0.3, 0.4) is 0 Å². The predicted molar refractivity (Wildman–Crippen MR) is 98.2 cm³/mol. The maximum absolute atomic E-state index is 12.4. The molecule has 0 radical (unpaired) electrons. The van der Waals surface area contributed by atoms with E-state index < -0.39 is 29.7 Å². The standard InChI is InChI=1S/C20H27NO6/c1-5-20(2,3)27-19(24)21-12-6-7-16(21)18(23)26-13-14-8-10-15(11-9-14)17(22)25-4/h8-11,16H,5-7,12-13H2,1-4H3. The van der Waals surface area contributed by atoms with Crippen molar-refractivity contribution < 1.29 is 28.6 Å². The number of rotatable bonds is 6. The fourth-order valence-electron chi connectivity index (χ4n) is 2.70. The number of carbonyl (C=O) groups excluding carboxylic acids is 3. The Bertz CT molecular complexity index is 682. The Kier molecular flexibility index (Phi) is 6.82.